The fourth-order valence-corrected chi connectivity index (χ4v) is 2.66. The Bertz CT molecular complexity index is 572. The fourth-order valence-electron chi connectivity index (χ4n) is 2.66. The second-order valence-corrected chi connectivity index (χ2v) is 5.27. The lowest BCUT2D eigenvalue weighted by atomic mass is 9.86. The van der Waals surface area contributed by atoms with Crippen molar-refractivity contribution in [3.63, 3.8) is 0 Å². The van der Waals surface area contributed by atoms with Crippen molar-refractivity contribution in [2.24, 2.45) is 5.41 Å². The van der Waals surface area contributed by atoms with Gasteiger partial charge in [-0.1, -0.05) is 0 Å². The first kappa shape index (κ1) is 14.0. The van der Waals surface area contributed by atoms with Crippen LogP contribution >= 0.6 is 0 Å². The van der Waals surface area contributed by atoms with Gasteiger partial charge in [-0.3, -0.25) is 14.3 Å². The van der Waals surface area contributed by atoms with Crippen molar-refractivity contribution in [2.45, 2.75) is 31.9 Å². The SMILES string of the molecule is Cc1cn([C@H]2C[C@@H](O)C(CO)(CO)C2)c(=O)[nH]c1=O. The summed E-state index contributed by atoms with van der Waals surface area (Å²) in [5.41, 5.74) is -1.57. The first-order valence-corrected chi connectivity index (χ1v) is 6.15. The molecule has 7 heteroatoms. The first-order chi connectivity index (χ1) is 8.93. The Kier molecular flexibility index (Phi) is 3.62. The number of rotatable bonds is 3. The van der Waals surface area contributed by atoms with Gasteiger partial charge >= 0.3 is 5.69 Å². The number of hydrogen-bond acceptors (Lipinski definition) is 5. The van der Waals surface area contributed by atoms with Gasteiger partial charge in [0.15, 0.2) is 0 Å². The maximum atomic E-state index is 11.8. The van der Waals surface area contributed by atoms with Gasteiger partial charge in [0, 0.05) is 23.2 Å². The van der Waals surface area contributed by atoms with Crippen LogP contribution in [0.25, 0.3) is 0 Å². The molecule has 7 nitrogen and oxygen atoms in total. The van der Waals surface area contributed by atoms with Crippen LogP contribution in [-0.4, -0.2) is 44.2 Å². The minimum Gasteiger partial charge on any atom is -0.396 e. The number of aromatic nitrogens is 2. The molecule has 0 aliphatic heterocycles. The van der Waals surface area contributed by atoms with Crippen LogP contribution in [0.3, 0.4) is 0 Å². The Balaban J connectivity index is 2.38. The van der Waals surface area contributed by atoms with E-state index in [0.717, 1.165) is 0 Å². The highest BCUT2D eigenvalue weighted by atomic mass is 16.3. The van der Waals surface area contributed by atoms with Crippen LogP contribution in [0.5, 0.6) is 0 Å². The lowest BCUT2D eigenvalue weighted by Crippen LogP contribution is -2.37. The van der Waals surface area contributed by atoms with Gasteiger partial charge in [-0.25, -0.2) is 4.79 Å². The highest BCUT2D eigenvalue weighted by Gasteiger charge is 2.46. The Morgan fingerprint density at radius 1 is 1.42 bits per heavy atom. The number of aliphatic hydroxyl groups excluding tert-OH is 3. The van der Waals surface area contributed by atoms with Gasteiger partial charge in [0.25, 0.3) is 5.56 Å². The summed E-state index contributed by atoms with van der Waals surface area (Å²) in [5.74, 6) is 0. The van der Waals surface area contributed by atoms with E-state index in [0.29, 0.717) is 5.56 Å². The smallest absolute Gasteiger partial charge is 0.328 e. The second-order valence-electron chi connectivity index (χ2n) is 5.27. The molecule has 1 aliphatic rings. The van der Waals surface area contributed by atoms with E-state index in [1.807, 2.05) is 0 Å². The maximum absolute atomic E-state index is 11.8. The molecule has 2 rings (SSSR count). The largest absolute Gasteiger partial charge is 0.396 e. The number of H-pyrrole nitrogens is 1. The average Bonchev–Trinajstić information content (AvgIpc) is 2.71. The number of nitrogens with one attached hydrogen (secondary N) is 1. The van der Waals surface area contributed by atoms with E-state index in [1.165, 1.54) is 10.8 Å². The summed E-state index contributed by atoms with van der Waals surface area (Å²) < 4.78 is 1.35. The van der Waals surface area contributed by atoms with Crippen LogP contribution < -0.4 is 11.2 Å². The van der Waals surface area contributed by atoms with Gasteiger partial charge in [0.05, 0.1) is 19.3 Å². The van der Waals surface area contributed by atoms with E-state index in [4.69, 9.17) is 0 Å². The normalized spacial score (nSPS) is 25.7. The molecular weight excluding hydrogens is 252 g/mol. The van der Waals surface area contributed by atoms with Crippen molar-refractivity contribution in [3.05, 3.63) is 32.6 Å². The average molecular weight is 270 g/mol. The molecule has 0 spiro atoms. The molecule has 4 N–H and O–H groups in total. The molecule has 1 fully saturated rings. The Labute approximate surface area is 109 Å². The molecule has 106 valence electrons. The van der Waals surface area contributed by atoms with Gasteiger partial charge in [-0.05, 0) is 19.8 Å². The monoisotopic (exact) mass is 270 g/mol. The lowest BCUT2D eigenvalue weighted by Gasteiger charge is -2.27. The summed E-state index contributed by atoms with van der Waals surface area (Å²) >= 11 is 0. The zero-order chi connectivity index (χ0) is 14.2. The van der Waals surface area contributed by atoms with Crippen molar-refractivity contribution in [1.29, 1.82) is 0 Å². The molecule has 1 aromatic rings. The van der Waals surface area contributed by atoms with Gasteiger partial charge in [-0.15, -0.1) is 0 Å². The van der Waals surface area contributed by atoms with E-state index in [1.54, 1.807) is 6.92 Å². The van der Waals surface area contributed by atoms with Crippen LogP contribution in [0, 0.1) is 12.3 Å². The zero-order valence-corrected chi connectivity index (χ0v) is 10.7. The number of hydrogen-bond donors (Lipinski definition) is 4. The number of nitrogens with zero attached hydrogens (tertiary/aromatic N) is 1. The second kappa shape index (κ2) is 4.92. The molecule has 2 atom stereocenters. The van der Waals surface area contributed by atoms with E-state index in [-0.39, 0.29) is 32.1 Å². The third-order valence-electron chi connectivity index (χ3n) is 4.01. The standard InChI is InChI=1S/C12H18N2O5/c1-7-4-14(11(19)13-10(7)18)8-2-9(17)12(3-8,5-15)6-16/h4,8-9,15-17H,2-3,5-6H2,1H3,(H,13,18,19)/t8-,9+/m0/s1. The Hall–Kier alpha value is -1.44. The van der Waals surface area contributed by atoms with Crippen molar-refractivity contribution < 1.29 is 15.3 Å². The van der Waals surface area contributed by atoms with Crippen LogP contribution in [0.15, 0.2) is 15.8 Å². The topological polar surface area (TPSA) is 116 Å². The third kappa shape index (κ3) is 2.24. The number of aryl methyl sites for hydroxylation is 1. The predicted octanol–water partition coefficient (Wildman–Crippen LogP) is -1.49. The summed E-state index contributed by atoms with van der Waals surface area (Å²) in [6.45, 7) is 0.891. The van der Waals surface area contributed by atoms with Crippen LogP contribution in [-0.2, 0) is 0 Å². The molecule has 0 radical (unpaired) electrons. The molecule has 1 aliphatic carbocycles. The molecule has 1 aromatic heterocycles. The third-order valence-corrected chi connectivity index (χ3v) is 4.01. The van der Waals surface area contributed by atoms with E-state index in [9.17, 15) is 24.9 Å². The molecule has 0 bridgehead atoms. The number of aromatic amines is 1. The Morgan fingerprint density at radius 2 is 2.05 bits per heavy atom. The van der Waals surface area contributed by atoms with Crippen molar-refractivity contribution >= 4 is 0 Å². The Morgan fingerprint density at radius 3 is 2.58 bits per heavy atom. The summed E-state index contributed by atoms with van der Waals surface area (Å²) in [6.07, 6.45) is 1.11. The molecule has 0 saturated heterocycles. The summed E-state index contributed by atoms with van der Waals surface area (Å²) in [7, 11) is 0. The van der Waals surface area contributed by atoms with Crippen LogP contribution in [0.1, 0.15) is 24.4 Å². The lowest BCUT2D eigenvalue weighted by molar-refractivity contribution is -0.0316. The van der Waals surface area contributed by atoms with E-state index in [2.05, 4.69) is 4.98 Å². The molecule has 0 unspecified atom stereocenters. The highest BCUT2D eigenvalue weighted by Crippen LogP contribution is 2.43. The van der Waals surface area contributed by atoms with Gasteiger partial charge < -0.3 is 15.3 Å². The van der Waals surface area contributed by atoms with Crippen molar-refractivity contribution in [1.82, 2.24) is 9.55 Å². The van der Waals surface area contributed by atoms with Gasteiger partial charge in [0.2, 0.25) is 0 Å². The minimum atomic E-state index is -0.992. The summed E-state index contributed by atoms with van der Waals surface area (Å²) in [4.78, 5) is 25.3. The van der Waals surface area contributed by atoms with Gasteiger partial charge in [0.1, 0.15) is 0 Å². The maximum Gasteiger partial charge on any atom is 0.328 e. The quantitative estimate of drug-likeness (QED) is 0.534. The summed E-state index contributed by atoms with van der Waals surface area (Å²) in [5, 5.41) is 28.7. The predicted molar refractivity (Wildman–Crippen MR) is 66.9 cm³/mol. The highest BCUT2D eigenvalue weighted by molar-refractivity contribution is 5.05. The molecular formula is C12H18N2O5. The molecule has 0 amide bonds. The molecule has 19 heavy (non-hydrogen) atoms. The zero-order valence-electron chi connectivity index (χ0n) is 10.7. The summed E-state index contributed by atoms with van der Waals surface area (Å²) in [6, 6.07) is -0.350. The van der Waals surface area contributed by atoms with Crippen molar-refractivity contribution in [2.75, 3.05) is 13.2 Å². The molecule has 1 saturated carbocycles. The molecule has 1 heterocycles. The minimum absolute atomic E-state index is 0.256. The number of aliphatic hydroxyl groups is 3. The van der Waals surface area contributed by atoms with Crippen LogP contribution in [0.2, 0.25) is 0 Å². The van der Waals surface area contributed by atoms with E-state index < -0.39 is 22.8 Å². The molecule has 0 aromatic carbocycles. The van der Waals surface area contributed by atoms with Crippen molar-refractivity contribution in [3.8, 4) is 0 Å². The van der Waals surface area contributed by atoms with Crippen LogP contribution in [0.4, 0.5) is 0 Å². The fraction of sp³-hybridized carbons (Fsp3) is 0.667. The van der Waals surface area contributed by atoms with E-state index >= 15 is 0 Å². The first-order valence-electron chi connectivity index (χ1n) is 6.15. The van der Waals surface area contributed by atoms with Gasteiger partial charge in [-0.2, -0.15) is 0 Å².